The lowest BCUT2D eigenvalue weighted by atomic mass is 9.81. The number of phenolic OH excluding ortho intramolecular Hbond substituents is 1. The maximum absolute atomic E-state index is 15.5. The highest BCUT2D eigenvalue weighted by Crippen LogP contribution is 2.49. The summed E-state index contributed by atoms with van der Waals surface area (Å²) in [5.74, 6) is -0.799. The molecule has 10 heteroatoms. The molecule has 4 N–H and O–H groups in total. The summed E-state index contributed by atoms with van der Waals surface area (Å²) in [6.45, 7) is 2.46. The van der Waals surface area contributed by atoms with Crippen LogP contribution in [0.1, 0.15) is 29.8 Å². The number of fused-ring (bicyclic) bond motifs is 4. The summed E-state index contributed by atoms with van der Waals surface area (Å²) in [5, 5.41) is 22.5. The number of amides is 3. The summed E-state index contributed by atoms with van der Waals surface area (Å²) in [6.07, 6.45) is 0.118. The molecule has 0 spiro atoms. The molecule has 0 unspecified atom stereocenters. The van der Waals surface area contributed by atoms with Gasteiger partial charge < -0.3 is 25.3 Å². The predicted octanol–water partition coefficient (Wildman–Crippen LogP) is 2.27. The summed E-state index contributed by atoms with van der Waals surface area (Å²) in [6, 6.07) is 8.55. The quantitative estimate of drug-likeness (QED) is 0.303. The van der Waals surface area contributed by atoms with Crippen molar-refractivity contribution in [2.24, 2.45) is 0 Å². The number of carbonyl (C=O) groups is 2. The van der Waals surface area contributed by atoms with Crippen molar-refractivity contribution in [2.45, 2.75) is 24.9 Å². The van der Waals surface area contributed by atoms with Gasteiger partial charge >= 0.3 is 6.03 Å². The molecule has 35 heavy (non-hydrogen) atoms. The van der Waals surface area contributed by atoms with Crippen LogP contribution >= 0.6 is 0 Å². The number of benzene rings is 2. The topological polar surface area (TPSA) is 118 Å². The zero-order valence-corrected chi connectivity index (χ0v) is 19.5. The molecule has 9 nitrogen and oxygen atoms in total. The van der Waals surface area contributed by atoms with E-state index in [1.165, 1.54) is 29.0 Å². The number of aromatic nitrogens is 1. The van der Waals surface area contributed by atoms with Gasteiger partial charge in [0.25, 0.3) is 5.91 Å². The molecule has 1 fully saturated rings. The zero-order chi connectivity index (χ0) is 24.9. The van der Waals surface area contributed by atoms with E-state index in [-0.39, 0.29) is 37.0 Å². The van der Waals surface area contributed by atoms with Gasteiger partial charge in [-0.15, -0.1) is 0 Å². The molecular formula is C25H27FN4O5. The zero-order valence-electron chi connectivity index (χ0n) is 19.5. The van der Waals surface area contributed by atoms with Gasteiger partial charge in [0.1, 0.15) is 17.3 Å². The lowest BCUT2D eigenvalue weighted by Gasteiger charge is -2.42. The second kappa shape index (κ2) is 8.54. The summed E-state index contributed by atoms with van der Waals surface area (Å²) in [7, 11) is 1.39. The number of aliphatic hydroxyl groups is 1. The van der Waals surface area contributed by atoms with Crippen LogP contribution in [0.25, 0.3) is 10.9 Å². The minimum absolute atomic E-state index is 0.0170. The second-order valence-electron chi connectivity index (χ2n) is 9.05. The van der Waals surface area contributed by atoms with Crippen LogP contribution < -0.4 is 10.1 Å². The molecule has 0 aliphatic carbocycles. The Hall–Kier alpha value is -3.63. The van der Waals surface area contributed by atoms with E-state index in [0.29, 0.717) is 40.8 Å². The number of rotatable bonds is 7. The molecule has 3 heterocycles. The third-order valence-electron chi connectivity index (χ3n) is 6.94. The summed E-state index contributed by atoms with van der Waals surface area (Å²) in [4.78, 5) is 33.3. The van der Waals surface area contributed by atoms with Crippen LogP contribution in [-0.2, 0) is 11.2 Å². The molecular weight excluding hydrogens is 455 g/mol. The Bertz CT molecular complexity index is 1320. The van der Waals surface area contributed by atoms with Gasteiger partial charge in [-0.05, 0) is 42.3 Å². The highest BCUT2D eigenvalue weighted by atomic mass is 19.1. The van der Waals surface area contributed by atoms with Crippen molar-refractivity contribution in [1.82, 2.24) is 20.1 Å². The molecule has 184 valence electrons. The minimum Gasteiger partial charge on any atom is -0.508 e. The maximum atomic E-state index is 15.5. The number of aromatic hydroxyl groups is 1. The predicted molar refractivity (Wildman–Crippen MR) is 126 cm³/mol. The standard InChI is InChI=1S/C25H27FN4O5/c1-25-13-16-19-17(6-7-18(35-2)20(19)26)28-21(16)22(14-4-3-5-15(32)12-14)30(25)24(34)29(23(25)33)10-8-27-9-11-31/h3-7,12,22,27-28,31-32H,8-11,13H2,1-2H3/t22-,25+/m1/s1. The molecule has 2 aliphatic rings. The Kier molecular flexibility index (Phi) is 5.65. The number of H-pyrrole nitrogens is 1. The fraction of sp³-hybridized carbons (Fsp3) is 0.360. The van der Waals surface area contributed by atoms with E-state index in [2.05, 4.69) is 10.3 Å². The molecule has 3 aromatic rings. The van der Waals surface area contributed by atoms with E-state index >= 15 is 4.39 Å². The Balaban J connectivity index is 1.68. The van der Waals surface area contributed by atoms with E-state index in [0.717, 1.165) is 0 Å². The number of hydrogen-bond donors (Lipinski definition) is 4. The van der Waals surface area contributed by atoms with E-state index < -0.39 is 23.4 Å². The average Bonchev–Trinajstić information content (AvgIpc) is 3.29. The molecule has 5 rings (SSSR count). The van der Waals surface area contributed by atoms with E-state index in [9.17, 15) is 14.7 Å². The highest BCUT2D eigenvalue weighted by molar-refractivity contribution is 6.08. The van der Waals surface area contributed by atoms with E-state index in [1.54, 1.807) is 31.2 Å². The van der Waals surface area contributed by atoms with Crippen molar-refractivity contribution in [2.75, 3.05) is 33.4 Å². The van der Waals surface area contributed by atoms with Crippen LogP contribution in [0.3, 0.4) is 0 Å². The van der Waals surface area contributed by atoms with Crippen molar-refractivity contribution in [1.29, 1.82) is 0 Å². The number of urea groups is 1. The maximum Gasteiger partial charge on any atom is 0.328 e. The van der Waals surface area contributed by atoms with Crippen LogP contribution in [0.4, 0.5) is 9.18 Å². The van der Waals surface area contributed by atoms with Crippen LogP contribution in [-0.4, -0.2) is 75.8 Å². The third kappa shape index (κ3) is 3.43. The van der Waals surface area contributed by atoms with E-state index in [4.69, 9.17) is 9.84 Å². The minimum atomic E-state index is -1.26. The Morgan fingerprint density at radius 2 is 2.06 bits per heavy atom. The van der Waals surface area contributed by atoms with Gasteiger partial charge in [0.15, 0.2) is 11.6 Å². The van der Waals surface area contributed by atoms with Crippen LogP contribution in [0.15, 0.2) is 36.4 Å². The first-order valence-electron chi connectivity index (χ1n) is 11.4. The van der Waals surface area contributed by atoms with Crippen molar-refractivity contribution in [3.05, 3.63) is 59.0 Å². The smallest absolute Gasteiger partial charge is 0.328 e. The lowest BCUT2D eigenvalue weighted by molar-refractivity contribution is -0.133. The van der Waals surface area contributed by atoms with Gasteiger partial charge in [-0.3, -0.25) is 14.6 Å². The van der Waals surface area contributed by atoms with Gasteiger partial charge in [-0.2, -0.15) is 0 Å². The molecule has 0 radical (unpaired) electrons. The Morgan fingerprint density at radius 1 is 1.26 bits per heavy atom. The Morgan fingerprint density at radius 3 is 2.77 bits per heavy atom. The number of nitrogens with zero attached hydrogens (tertiary/aromatic N) is 2. The number of carbonyl (C=O) groups excluding carboxylic acids is 2. The number of imide groups is 1. The molecule has 0 saturated carbocycles. The second-order valence-corrected chi connectivity index (χ2v) is 9.05. The van der Waals surface area contributed by atoms with Gasteiger partial charge in [0, 0.05) is 42.7 Å². The van der Waals surface area contributed by atoms with Crippen molar-refractivity contribution in [3.63, 3.8) is 0 Å². The normalized spacial score (nSPS) is 21.5. The Labute approximate surface area is 201 Å². The molecule has 0 bridgehead atoms. The first-order valence-corrected chi connectivity index (χ1v) is 11.4. The average molecular weight is 483 g/mol. The number of methoxy groups -OCH3 is 1. The van der Waals surface area contributed by atoms with Crippen molar-refractivity contribution >= 4 is 22.8 Å². The number of aliphatic hydroxyl groups excluding tert-OH is 1. The van der Waals surface area contributed by atoms with E-state index in [1.807, 2.05) is 0 Å². The number of aromatic amines is 1. The van der Waals surface area contributed by atoms with Crippen molar-refractivity contribution in [3.8, 4) is 11.5 Å². The third-order valence-corrected chi connectivity index (χ3v) is 6.94. The van der Waals surface area contributed by atoms with Crippen molar-refractivity contribution < 1.29 is 28.9 Å². The molecule has 2 aromatic carbocycles. The highest BCUT2D eigenvalue weighted by Gasteiger charge is 2.60. The number of nitrogens with one attached hydrogen (secondary N) is 2. The molecule has 3 amide bonds. The van der Waals surface area contributed by atoms with Crippen LogP contribution in [0, 0.1) is 5.82 Å². The van der Waals surface area contributed by atoms with Gasteiger partial charge in [0.2, 0.25) is 0 Å². The molecule has 2 atom stereocenters. The summed E-state index contributed by atoms with van der Waals surface area (Å²) >= 11 is 0. The molecule has 1 saturated heterocycles. The number of ether oxygens (including phenoxy) is 1. The first kappa shape index (κ1) is 23.1. The summed E-state index contributed by atoms with van der Waals surface area (Å²) < 4.78 is 20.6. The molecule has 1 aromatic heterocycles. The lowest BCUT2D eigenvalue weighted by Crippen LogP contribution is -2.53. The monoisotopic (exact) mass is 482 g/mol. The number of phenols is 1. The summed E-state index contributed by atoms with van der Waals surface area (Å²) in [5.41, 5.74) is 1.06. The largest absolute Gasteiger partial charge is 0.508 e. The van der Waals surface area contributed by atoms with Crippen LogP contribution in [0.5, 0.6) is 11.5 Å². The molecule has 2 aliphatic heterocycles. The fourth-order valence-electron chi connectivity index (χ4n) is 5.34. The number of halogens is 1. The van der Waals surface area contributed by atoms with Crippen LogP contribution in [0.2, 0.25) is 0 Å². The fourth-order valence-corrected chi connectivity index (χ4v) is 5.34. The van der Waals surface area contributed by atoms with Gasteiger partial charge in [-0.25, -0.2) is 9.18 Å². The SMILES string of the molecule is COc1ccc2[nH]c3c(c2c1F)C[C@@]1(C)C(=O)N(CCNCCO)C(=O)N1[C@@H]3c1cccc(O)c1. The van der Waals surface area contributed by atoms with Gasteiger partial charge in [0.05, 0.1) is 13.7 Å². The van der Waals surface area contributed by atoms with Gasteiger partial charge in [-0.1, -0.05) is 12.1 Å². The first-order chi connectivity index (χ1) is 16.8. The number of hydrogen-bond acceptors (Lipinski definition) is 6.